The lowest BCUT2D eigenvalue weighted by atomic mass is 9.84. The van der Waals surface area contributed by atoms with Crippen molar-refractivity contribution in [3.8, 4) is 17.0 Å². The Labute approximate surface area is 272 Å². The number of hydrogen-bond donors (Lipinski definition) is 5. The highest BCUT2D eigenvalue weighted by Gasteiger charge is 2.57. The minimum atomic E-state index is -5.27. The van der Waals surface area contributed by atoms with Crippen LogP contribution >= 0.6 is 11.3 Å². The van der Waals surface area contributed by atoms with E-state index in [1.165, 1.54) is 19.2 Å². The molecule has 252 valence electrons. The van der Waals surface area contributed by atoms with Crippen molar-refractivity contribution in [3.63, 3.8) is 0 Å². The summed E-state index contributed by atoms with van der Waals surface area (Å²) >= 11 is 0.951. The van der Waals surface area contributed by atoms with E-state index in [-0.39, 0.29) is 10.8 Å². The first-order valence-electron chi connectivity index (χ1n) is 13.8. The number of carboxylic acid groups (broad SMARTS) is 1. The molecule has 2 amide bonds. The van der Waals surface area contributed by atoms with Crippen LogP contribution in [0.25, 0.3) is 11.3 Å². The van der Waals surface area contributed by atoms with Crippen molar-refractivity contribution in [2.24, 2.45) is 17.9 Å². The Bertz CT molecular complexity index is 1780. The van der Waals surface area contributed by atoms with Crippen molar-refractivity contribution >= 4 is 56.1 Å². The summed E-state index contributed by atoms with van der Waals surface area (Å²) in [5.41, 5.74) is 11.8. The number of thiazole rings is 1. The van der Waals surface area contributed by atoms with Crippen LogP contribution in [0, 0.1) is 0 Å². The molecule has 0 spiro atoms. The SMILES string of the molecule is C[n+]1cc(NCCN)ccc1-c1ccc(OC[C@H](O/N=C(\C(=O)NC2C(=O)N(OS(=O)(=O)[O-])C2(C)C)c2csc(N)n2)C(=O)O)cc1. The highest BCUT2D eigenvalue weighted by Crippen LogP contribution is 2.33. The number of rotatable bonds is 15. The van der Waals surface area contributed by atoms with E-state index in [0.29, 0.717) is 23.9 Å². The van der Waals surface area contributed by atoms with Crippen LogP contribution in [0.5, 0.6) is 5.75 Å². The summed E-state index contributed by atoms with van der Waals surface area (Å²) in [6.07, 6.45) is 0.238. The number of aryl methyl sites for hydroxylation is 1. The highest BCUT2D eigenvalue weighted by molar-refractivity contribution is 7.80. The third-order valence-electron chi connectivity index (χ3n) is 6.80. The van der Waals surface area contributed by atoms with E-state index in [0.717, 1.165) is 28.3 Å². The van der Waals surface area contributed by atoms with Crippen LogP contribution in [0.1, 0.15) is 19.5 Å². The van der Waals surface area contributed by atoms with Crippen molar-refractivity contribution in [2.75, 3.05) is 30.7 Å². The summed E-state index contributed by atoms with van der Waals surface area (Å²) in [5.74, 6) is -3.20. The largest absolute Gasteiger partial charge is 0.724 e. The minimum absolute atomic E-state index is 0.0511. The number of β-lactam (4-membered cyclic amide) rings is 1. The van der Waals surface area contributed by atoms with Crippen LogP contribution in [0.15, 0.2) is 53.1 Å². The molecule has 1 aromatic carbocycles. The molecular weight excluding hydrogens is 660 g/mol. The van der Waals surface area contributed by atoms with Crippen LogP contribution < -0.4 is 31.4 Å². The second-order valence-corrected chi connectivity index (χ2v) is 12.4. The van der Waals surface area contributed by atoms with Gasteiger partial charge in [-0.25, -0.2) is 18.2 Å². The molecule has 0 radical (unpaired) electrons. The van der Waals surface area contributed by atoms with E-state index in [1.54, 1.807) is 24.3 Å². The molecule has 20 heteroatoms. The van der Waals surface area contributed by atoms with Gasteiger partial charge in [0.1, 0.15) is 31.1 Å². The normalized spacial score (nSPS) is 16.6. The fraction of sp³-hybridized carbons (Fsp3) is 0.333. The van der Waals surface area contributed by atoms with E-state index in [4.69, 9.17) is 21.0 Å². The second-order valence-electron chi connectivity index (χ2n) is 10.6. The molecule has 0 aliphatic carbocycles. The summed E-state index contributed by atoms with van der Waals surface area (Å²) in [6, 6.07) is 9.40. The van der Waals surface area contributed by atoms with Gasteiger partial charge in [0.05, 0.1) is 11.2 Å². The van der Waals surface area contributed by atoms with Gasteiger partial charge in [0.2, 0.25) is 16.1 Å². The summed E-state index contributed by atoms with van der Waals surface area (Å²) in [4.78, 5) is 46.8. The molecule has 7 N–H and O–H groups in total. The van der Waals surface area contributed by atoms with Gasteiger partial charge in [0, 0.05) is 30.1 Å². The minimum Gasteiger partial charge on any atom is -0.724 e. The van der Waals surface area contributed by atoms with E-state index < -0.39 is 58.2 Å². The van der Waals surface area contributed by atoms with Gasteiger partial charge < -0.3 is 41.3 Å². The molecule has 3 aromatic rings. The molecule has 1 aliphatic heterocycles. The molecule has 1 unspecified atom stereocenters. The van der Waals surface area contributed by atoms with Crippen LogP contribution in [0.2, 0.25) is 0 Å². The van der Waals surface area contributed by atoms with Crippen LogP contribution in [0.4, 0.5) is 10.8 Å². The summed E-state index contributed by atoms with van der Waals surface area (Å²) in [7, 11) is -3.37. The Balaban J connectivity index is 1.45. The lowest BCUT2D eigenvalue weighted by molar-refractivity contribution is -0.659. The third kappa shape index (κ3) is 8.48. The third-order valence-corrected chi connectivity index (χ3v) is 7.81. The summed E-state index contributed by atoms with van der Waals surface area (Å²) in [6.45, 7) is 3.30. The molecule has 0 bridgehead atoms. The lowest BCUT2D eigenvalue weighted by Crippen LogP contribution is -2.76. The number of amides is 2. The zero-order valence-electron chi connectivity index (χ0n) is 25.3. The lowest BCUT2D eigenvalue weighted by Gasteiger charge is -2.51. The zero-order chi connectivity index (χ0) is 34.5. The fourth-order valence-corrected chi connectivity index (χ4v) is 5.40. The van der Waals surface area contributed by atoms with Crippen molar-refractivity contribution in [1.29, 1.82) is 0 Å². The predicted octanol–water partition coefficient (Wildman–Crippen LogP) is -0.662. The molecule has 18 nitrogen and oxygen atoms in total. The van der Waals surface area contributed by atoms with Gasteiger partial charge in [-0.2, -0.15) is 13.9 Å². The molecule has 1 aliphatic rings. The number of pyridine rings is 1. The Morgan fingerprint density at radius 2 is 1.96 bits per heavy atom. The van der Waals surface area contributed by atoms with Gasteiger partial charge in [-0.3, -0.25) is 9.59 Å². The number of anilines is 2. The monoisotopic (exact) mass is 692 g/mol. The first kappa shape index (κ1) is 35.0. The topological polar surface area (TPSA) is 265 Å². The number of nitrogen functional groups attached to an aromatic ring is 1. The molecule has 1 fully saturated rings. The summed E-state index contributed by atoms with van der Waals surface area (Å²) in [5, 5.41) is 20.7. The predicted molar refractivity (Wildman–Crippen MR) is 165 cm³/mol. The number of nitrogens with two attached hydrogens (primary N) is 2. The van der Waals surface area contributed by atoms with Gasteiger partial charge in [0.15, 0.2) is 17.0 Å². The number of carbonyl (C=O) groups is 3. The van der Waals surface area contributed by atoms with Gasteiger partial charge >= 0.3 is 5.97 Å². The van der Waals surface area contributed by atoms with Crippen LogP contribution in [0.3, 0.4) is 0 Å². The number of hydroxylamine groups is 2. The van der Waals surface area contributed by atoms with Crippen molar-refractivity contribution < 1.29 is 50.9 Å². The quantitative estimate of drug-likeness (QED) is 0.0331. The highest BCUT2D eigenvalue weighted by atomic mass is 32.3. The molecule has 0 saturated carbocycles. The van der Waals surface area contributed by atoms with E-state index in [9.17, 15) is 32.5 Å². The molecular formula is C27H32N8O10S2. The molecule has 2 atom stereocenters. The molecule has 1 saturated heterocycles. The first-order chi connectivity index (χ1) is 22.1. The van der Waals surface area contributed by atoms with Gasteiger partial charge in [-0.05, 0) is 44.2 Å². The fourth-order valence-electron chi connectivity index (χ4n) is 4.40. The van der Waals surface area contributed by atoms with Gasteiger partial charge in [-0.15, -0.1) is 11.3 Å². The first-order valence-corrected chi connectivity index (χ1v) is 16.0. The second kappa shape index (κ2) is 14.3. The maximum Gasteiger partial charge on any atom is 0.351 e. The molecule has 2 aromatic heterocycles. The van der Waals surface area contributed by atoms with E-state index >= 15 is 0 Å². The summed E-state index contributed by atoms with van der Waals surface area (Å²) < 4.78 is 44.7. The number of oxime groups is 1. The average molecular weight is 693 g/mol. The number of aliphatic carboxylic acids is 1. The van der Waals surface area contributed by atoms with Crippen molar-refractivity contribution in [1.82, 2.24) is 15.4 Å². The number of nitrogens with one attached hydrogen (secondary N) is 2. The Morgan fingerprint density at radius 3 is 2.51 bits per heavy atom. The van der Waals surface area contributed by atoms with Crippen molar-refractivity contribution in [2.45, 2.75) is 31.5 Å². The Kier molecular flexibility index (Phi) is 10.6. The van der Waals surface area contributed by atoms with Gasteiger partial charge in [-0.1, -0.05) is 5.16 Å². The number of aromatic nitrogens is 2. The van der Waals surface area contributed by atoms with E-state index in [1.807, 2.05) is 29.9 Å². The Morgan fingerprint density at radius 1 is 1.26 bits per heavy atom. The van der Waals surface area contributed by atoms with Crippen LogP contribution in [-0.2, 0) is 41.0 Å². The number of ether oxygens (including phenoxy) is 1. The smallest absolute Gasteiger partial charge is 0.351 e. The number of hydrogen-bond acceptors (Lipinski definition) is 15. The number of carbonyl (C=O) groups excluding carboxylic acids is 2. The molecule has 4 rings (SSSR count). The van der Waals surface area contributed by atoms with Gasteiger partial charge in [0.25, 0.3) is 17.9 Å². The maximum atomic E-state index is 13.2. The van der Waals surface area contributed by atoms with Crippen LogP contribution in [-0.4, -0.2) is 89.0 Å². The number of carboxylic acids is 1. The average Bonchev–Trinajstić information content (AvgIpc) is 3.44. The molecule has 3 heterocycles. The molecule has 47 heavy (non-hydrogen) atoms. The van der Waals surface area contributed by atoms with Crippen molar-refractivity contribution in [3.05, 3.63) is 53.7 Å². The standard InChI is InChI=1S/C27H32N8O10S2/c1-27(2)22(24(37)35(27)45-47(40,41)42)32-23(36)21(18-14-46-26(29)31-18)33-44-20(25(38)39)13-43-17-7-4-15(5-8-17)19-9-6-16(12-34(19)3)30-11-10-28/h4-9,12,14,20,22,30H,10-11,13,28H2,1-3H3,(H4-,29,31,32,36,38,39,40,41,42)/b33-21-/t20-,22?/m0/s1. The Hall–Kier alpha value is -4.89. The zero-order valence-corrected chi connectivity index (χ0v) is 26.9. The maximum absolute atomic E-state index is 13.2. The number of benzene rings is 1. The van der Waals surface area contributed by atoms with E-state index in [2.05, 4.69) is 25.1 Å². The number of nitrogens with zero attached hydrogens (tertiary/aromatic N) is 4.